The second kappa shape index (κ2) is 10.5. The fourth-order valence-electron chi connectivity index (χ4n) is 7.46. The van der Waals surface area contributed by atoms with Crippen molar-refractivity contribution in [2.75, 3.05) is 0 Å². The van der Waals surface area contributed by atoms with Crippen LogP contribution in [0.4, 0.5) is 0 Å². The van der Waals surface area contributed by atoms with E-state index in [-0.39, 0.29) is 11.8 Å². The summed E-state index contributed by atoms with van der Waals surface area (Å²) in [5.41, 5.74) is -1.37. The molecule has 0 amide bonds. The number of hydrogen-bond acceptors (Lipinski definition) is 7. The number of ether oxygens (including phenoxy) is 4. The molecule has 3 aliphatic rings. The van der Waals surface area contributed by atoms with E-state index in [1.165, 1.54) is 13.0 Å². The molecule has 7 heteroatoms. The van der Waals surface area contributed by atoms with Crippen LogP contribution >= 0.6 is 0 Å². The molecule has 0 radical (unpaired) electrons. The summed E-state index contributed by atoms with van der Waals surface area (Å²) in [6, 6.07) is 18.4. The summed E-state index contributed by atoms with van der Waals surface area (Å²) in [7, 11) is 0. The molecule has 1 aliphatic heterocycles. The van der Waals surface area contributed by atoms with Crippen molar-refractivity contribution in [1.82, 2.24) is 0 Å². The third kappa shape index (κ3) is 4.64. The van der Waals surface area contributed by atoms with Gasteiger partial charge in [0.1, 0.15) is 23.9 Å². The van der Waals surface area contributed by atoms with Crippen molar-refractivity contribution in [2.45, 2.75) is 83.4 Å². The minimum absolute atomic E-state index is 0.0669. The maximum atomic E-state index is 13.3. The van der Waals surface area contributed by atoms with Crippen molar-refractivity contribution in [1.29, 1.82) is 0 Å². The molecule has 1 spiro atoms. The van der Waals surface area contributed by atoms with Crippen molar-refractivity contribution >= 4 is 24.0 Å². The number of hydrogen-bond donors (Lipinski definition) is 0. The predicted octanol–water partition coefficient (Wildman–Crippen LogP) is 5.77. The van der Waals surface area contributed by atoms with Gasteiger partial charge in [-0.1, -0.05) is 55.5 Å². The first-order chi connectivity index (χ1) is 19.0. The lowest BCUT2D eigenvalue weighted by molar-refractivity contribution is -0.285. The summed E-state index contributed by atoms with van der Waals surface area (Å²) in [6.07, 6.45) is 3.00. The van der Waals surface area contributed by atoms with E-state index in [1.54, 1.807) is 30.3 Å². The van der Waals surface area contributed by atoms with Gasteiger partial charge in [-0.3, -0.25) is 4.79 Å². The summed E-state index contributed by atoms with van der Waals surface area (Å²) >= 11 is 0. The van der Waals surface area contributed by atoms with Crippen LogP contribution < -0.4 is 0 Å². The number of carbonyl (C=O) groups is 3. The molecule has 5 rings (SSSR count). The third-order valence-electron chi connectivity index (χ3n) is 9.38. The minimum atomic E-state index is -1.05. The van der Waals surface area contributed by atoms with Gasteiger partial charge in [-0.05, 0) is 69.7 Å². The lowest BCUT2D eigenvalue weighted by Crippen LogP contribution is -2.73. The first-order valence-electron chi connectivity index (χ1n) is 14.1. The van der Waals surface area contributed by atoms with Gasteiger partial charge >= 0.3 is 17.9 Å². The Bertz CT molecular complexity index is 1290. The normalized spacial score (nSPS) is 34.1. The molecule has 2 bridgehead atoms. The van der Waals surface area contributed by atoms with E-state index >= 15 is 0 Å². The Kier molecular flexibility index (Phi) is 7.38. The maximum Gasteiger partial charge on any atom is 0.338 e. The Hall–Kier alpha value is -3.45. The number of esters is 3. The van der Waals surface area contributed by atoms with Crippen LogP contribution in [0.2, 0.25) is 0 Å². The van der Waals surface area contributed by atoms with Gasteiger partial charge in [0.15, 0.2) is 0 Å². The Morgan fingerprint density at radius 3 is 2.17 bits per heavy atom. The van der Waals surface area contributed by atoms with Crippen molar-refractivity contribution in [3.05, 3.63) is 77.9 Å². The minimum Gasteiger partial charge on any atom is -0.462 e. The molecule has 1 saturated heterocycles. The fourth-order valence-corrected chi connectivity index (χ4v) is 7.46. The van der Waals surface area contributed by atoms with Crippen LogP contribution in [-0.4, -0.2) is 47.4 Å². The highest BCUT2D eigenvalue weighted by atomic mass is 16.6. The third-order valence-corrected chi connectivity index (χ3v) is 9.38. The molecule has 2 aromatic carbocycles. The van der Waals surface area contributed by atoms with Crippen LogP contribution in [0.5, 0.6) is 0 Å². The molecule has 7 nitrogen and oxygen atoms in total. The SMILES string of the molecule is CC(=O)O[C@H]1CC[C@@H](C)C23OC(C)(C)C(C[C@H](OC(=O)c4ccccc4)[C@]12C)[C@H]3OC(=O)/C=C/c1ccccc1. The molecule has 2 aromatic rings. The standard InChI is InChI=1S/C33H38O7/c1-21-16-18-26(37-22(2)34)32(5)27(38-30(36)24-14-10-7-11-15-24)20-25-29(33(21,32)40-31(25,3)4)39-28(35)19-17-23-12-8-6-9-13-23/h6-15,17,19,21,25-27,29H,16,18,20H2,1-5H3/b19-17+/t21-,25?,26+,27+,29-,32+,33?/m1/s1. The van der Waals surface area contributed by atoms with Gasteiger partial charge < -0.3 is 18.9 Å². The lowest BCUT2D eigenvalue weighted by atomic mass is 9.49. The first-order valence-corrected chi connectivity index (χ1v) is 14.1. The monoisotopic (exact) mass is 546 g/mol. The lowest BCUT2D eigenvalue weighted by Gasteiger charge is -2.61. The zero-order valence-corrected chi connectivity index (χ0v) is 23.8. The van der Waals surface area contributed by atoms with Crippen LogP contribution in [-0.2, 0) is 28.5 Å². The second-order valence-electron chi connectivity index (χ2n) is 12.1. The average molecular weight is 547 g/mol. The van der Waals surface area contributed by atoms with E-state index in [0.29, 0.717) is 24.8 Å². The number of carbonyl (C=O) groups excluding carboxylic acids is 3. The largest absolute Gasteiger partial charge is 0.462 e. The van der Waals surface area contributed by atoms with E-state index in [2.05, 4.69) is 6.92 Å². The molecular weight excluding hydrogens is 508 g/mol. The van der Waals surface area contributed by atoms with E-state index in [1.807, 2.05) is 57.2 Å². The molecule has 7 atom stereocenters. The van der Waals surface area contributed by atoms with Crippen LogP contribution in [0, 0.1) is 17.3 Å². The number of benzene rings is 2. The van der Waals surface area contributed by atoms with Crippen LogP contribution in [0.15, 0.2) is 66.7 Å². The summed E-state index contributed by atoms with van der Waals surface area (Å²) in [5, 5.41) is 0. The maximum absolute atomic E-state index is 13.3. The Morgan fingerprint density at radius 1 is 0.875 bits per heavy atom. The quantitative estimate of drug-likeness (QED) is 0.258. The summed E-state index contributed by atoms with van der Waals surface area (Å²) in [4.78, 5) is 38.9. The van der Waals surface area contributed by atoms with Crippen LogP contribution in [0.1, 0.15) is 69.8 Å². The molecule has 2 aliphatic carbocycles. The second-order valence-corrected chi connectivity index (χ2v) is 12.1. The molecular formula is C33H38O7. The molecule has 1 heterocycles. The summed E-state index contributed by atoms with van der Waals surface area (Å²) in [5.74, 6) is -1.64. The highest BCUT2D eigenvalue weighted by Crippen LogP contribution is 2.67. The zero-order valence-electron chi connectivity index (χ0n) is 23.8. The van der Waals surface area contributed by atoms with E-state index < -0.39 is 52.8 Å². The van der Waals surface area contributed by atoms with Crippen molar-refractivity contribution in [3.63, 3.8) is 0 Å². The molecule has 0 N–H and O–H groups in total. The van der Waals surface area contributed by atoms with Crippen molar-refractivity contribution in [2.24, 2.45) is 17.3 Å². The van der Waals surface area contributed by atoms with Gasteiger partial charge in [-0.25, -0.2) is 9.59 Å². The van der Waals surface area contributed by atoms with Gasteiger partial charge in [-0.2, -0.15) is 0 Å². The van der Waals surface area contributed by atoms with Gasteiger partial charge in [0.2, 0.25) is 0 Å². The van der Waals surface area contributed by atoms with Crippen molar-refractivity contribution in [3.8, 4) is 0 Å². The topological polar surface area (TPSA) is 88.1 Å². The Morgan fingerprint density at radius 2 is 1.52 bits per heavy atom. The predicted molar refractivity (Wildman–Crippen MR) is 149 cm³/mol. The molecule has 40 heavy (non-hydrogen) atoms. The smallest absolute Gasteiger partial charge is 0.338 e. The fraction of sp³-hybridized carbons (Fsp3) is 0.485. The molecule has 0 aromatic heterocycles. The molecule has 2 saturated carbocycles. The van der Waals surface area contributed by atoms with Gasteiger partial charge in [0.05, 0.1) is 16.6 Å². The molecule has 2 unspecified atom stereocenters. The van der Waals surface area contributed by atoms with Gasteiger partial charge in [0, 0.05) is 18.9 Å². The summed E-state index contributed by atoms with van der Waals surface area (Å²) in [6.45, 7) is 9.43. The average Bonchev–Trinajstić information content (AvgIpc) is 3.10. The Labute approximate surface area is 235 Å². The van der Waals surface area contributed by atoms with Crippen molar-refractivity contribution < 1.29 is 33.3 Å². The van der Waals surface area contributed by atoms with E-state index in [0.717, 1.165) is 5.56 Å². The van der Waals surface area contributed by atoms with E-state index in [9.17, 15) is 14.4 Å². The molecule has 212 valence electrons. The summed E-state index contributed by atoms with van der Waals surface area (Å²) < 4.78 is 25.5. The number of rotatable bonds is 6. The van der Waals surface area contributed by atoms with Gasteiger partial charge in [0.25, 0.3) is 0 Å². The van der Waals surface area contributed by atoms with Gasteiger partial charge in [-0.15, -0.1) is 0 Å². The van der Waals surface area contributed by atoms with E-state index in [4.69, 9.17) is 18.9 Å². The first kappa shape index (κ1) is 28.1. The highest BCUT2D eigenvalue weighted by molar-refractivity contribution is 5.89. The molecule has 3 fully saturated rings. The number of fused-ring (bicyclic) bond motifs is 1. The highest BCUT2D eigenvalue weighted by Gasteiger charge is 2.79. The Balaban J connectivity index is 1.55. The van der Waals surface area contributed by atoms with Crippen LogP contribution in [0.25, 0.3) is 6.08 Å². The van der Waals surface area contributed by atoms with Crippen LogP contribution in [0.3, 0.4) is 0 Å². The zero-order chi connectivity index (χ0) is 28.7.